The van der Waals surface area contributed by atoms with Gasteiger partial charge in [-0.05, 0) is 78.9 Å². The third-order valence-electron chi connectivity index (χ3n) is 8.49. The molecule has 0 aliphatic heterocycles. The zero-order chi connectivity index (χ0) is 14.8. The Kier molecular flexibility index (Phi) is 3.12. The predicted octanol–water partition coefficient (Wildman–Crippen LogP) is 5.23. The fourth-order valence-electron chi connectivity index (χ4n) is 7.25. The summed E-state index contributed by atoms with van der Waals surface area (Å²) >= 11 is 0. The summed E-state index contributed by atoms with van der Waals surface area (Å²) in [5, 5.41) is 0. The van der Waals surface area contributed by atoms with Crippen LogP contribution in [0.5, 0.6) is 0 Å². The third-order valence-corrected chi connectivity index (χ3v) is 8.49. The van der Waals surface area contributed by atoms with Gasteiger partial charge in [-0.25, -0.2) is 0 Å². The van der Waals surface area contributed by atoms with Gasteiger partial charge in [-0.2, -0.15) is 0 Å². The van der Waals surface area contributed by atoms with Crippen molar-refractivity contribution in [3.05, 3.63) is 0 Å². The van der Waals surface area contributed by atoms with Crippen LogP contribution in [0.4, 0.5) is 0 Å². The molecule has 4 saturated carbocycles. The average molecular weight is 288 g/mol. The highest BCUT2D eigenvalue weighted by atomic mass is 16.1. The first-order chi connectivity index (χ1) is 9.92. The second kappa shape index (κ2) is 4.59. The molecule has 4 rings (SSSR count). The summed E-state index contributed by atoms with van der Waals surface area (Å²) < 4.78 is 0. The van der Waals surface area contributed by atoms with Crippen molar-refractivity contribution in [1.82, 2.24) is 0 Å². The average Bonchev–Trinajstić information content (AvgIpc) is 2.74. The molecule has 4 aliphatic rings. The summed E-state index contributed by atoms with van der Waals surface area (Å²) in [6, 6.07) is 0. The maximum absolute atomic E-state index is 12.1. The Labute approximate surface area is 130 Å². The topological polar surface area (TPSA) is 17.1 Å². The van der Waals surface area contributed by atoms with E-state index in [9.17, 15) is 4.79 Å². The van der Waals surface area contributed by atoms with Crippen molar-refractivity contribution in [3.63, 3.8) is 0 Å². The zero-order valence-corrected chi connectivity index (χ0v) is 14.2. The van der Waals surface area contributed by atoms with Gasteiger partial charge in [0.2, 0.25) is 0 Å². The van der Waals surface area contributed by atoms with E-state index < -0.39 is 0 Å². The molecule has 0 aromatic rings. The zero-order valence-electron chi connectivity index (χ0n) is 14.2. The van der Waals surface area contributed by atoms with Gasteiger partial charge < -0.3 is 0 Å². The number of rotatable bonds is 0. The molecule has 0 heterocycles. The second-order valence-corrected chi connectivity index (χ2v) is 9.65. The van der Waals surface area contributed by atoms with Crippen LogP contribution in [0.2, 0.25) is 0 Å². The lowest BCUT2D eigenvalue weighted by atomic mass is 9.45. The van der Waals surface area contributed by atoms with Gasteiger partial charge in [0.1, 0.15) is 5.78 Å². The monoisotopic (exact) mass is 288 g/mol. The minimum absolute atomic E-state index is 0.364. The predicted molar refractivity (Wildman–Crippen MR) is 85.9 cm³/mol. The van der Waals surface area contributed by atoms with Gasteiger partial charge in [0.05, 0.1) is 0 Å². The first-order valence-electron chi connectivity index (χ1n) is 9.44. The minimum Gasteiger partial charge on any atom is -0.300 e. The third kappa shape index (κ3) is 1.98. The normalized spacial score (nSPS) is 56.5. The van der Waals surface area contributed by atoms with Crippen molar-refractivity contribution < 1.29 is 4.79 Å². The van der Waals surface area contributed by atoms with Gasteiger partial charge >= 0.3 is 0 Å². The molecule has 0 N–H and O–H groups in total. The molecule has 0 radical (unpaired) electrons. The second-order valence-electron chi connectivity index (χ2n) is 9.65. The quantitative estimate of drug-likeness (QED) is 0.596. The van der Waals surface area contributed by atoms with Crippen molar-refractivity contribution in [2.24, 2.45) is 40.4 Å². The molecule has 0 bridgehead atoms. The van der Waals surface area contributed by atoms with Gasteiger partial charge in [-0.15, -0.1) is 0 Å². The molecule has 0 unspecified atom stereocenters. The Morgan fingerprint density at radius 2 is 1.81 bits per heavy atom. The van der Waals surface area contributed by atoms with Crippen LogP contribution < -0.4 is 0 Å². The van der Waals surface area contributed by atoms with Crippen LogP contribution in [-0.2, 0) is 4.79 Å². The number of ketones is 1. The molecule has 0 spiro atoms. The van der Waals surface area contributed by atoms with Crippen LogP contribution in [0.1, 0.15) is 78.6 Å². The standard InChI is InChI=1S/C20H32O/c1-13-6-9-20(3)14(10-13)4-5-16-17(20)7-8-19(2)12-15(21)11-18(16)19/h13-14,16-18H,4-12H2,1-3H3/t13-,14+,16-,17+,18+,19-,20+/m0/s1. The Morgan fingerprint density at radius 3 is 2.62 bits per heavy atom. The maximum Gasteiger partial charge on any atom is 0.133 e. The van der Waals surface area contributed by atoms with Crippen LogP contribution in [0, 0.1) is 40.4 Å². The lowest BCUT2D eigenvalue weighted by molar-refractivity contribution is -0.118. The molecular formula is C20H32O. The molecule has 0 saturated heterocycles. The van der Waals surface area contributed by atoms with E-state index in [2.05, 4.69) is 20.8 Å². The summed E-state index contributed by atoms with van der Waals surface area (Å²) in [7, 11) is 0. The highest BCUT2D eigenvalue weighted by molar-refractivity contribution is 5.82. The van der Waals surface area contributed by atoms with Crippen LogP contribution in [0.15, 0.2) is 0 Å². The highest BCUT2D eigenvalue weighted by Gasteiger charge is 2.58. The molecule has 118 valence electrons. The Hall–Kier alpha value is -0.330. The van der Waals surface area contributed by atoms with E-state index in [4.69, 9.17) is 0 Å². The van der Waals surface area contributed by atoms with Gasteiger partial charge in [-0.1, -0.05) is 27.2 Å². The van der Waals surface area contributed by atoms with Crippen molar-refractivity contribution in [3.8, 4) is 0 Å². The van der Waals surface area contributed by atoms with Crippen LogP contribution in [0.25, 0.3) is 0 Å². The summed E-state index contributed by atoms with van der Waals surface area (Å²) in [6.45, 7) is 7.51. The SMILES string of the molecule is C[C@H]1CC[C@]2(C)[C@H](CC[C@@H]3[C@H]4CC(=O)C[C@]4(C)CC[C@H]32)C1. The molecule has 4 aliphatic carbocycles. The minimum atomic E-state index is 0.364. The van der Waals surface area contributed by atoms with Crippen molar-refractivity contribution >= 4 is 5.78 Å². The Bertz CT molecular complexity index is 455. The summed E-state index contributed by atoms with van der Waals surface area (Å²) in [5.74, 6) is 5.00. The lowest BCUT2D eigenvalue weighted by Gasteiger charge is -2.60. The van der Waals surface area contributed by atoms with Crippen molar-refractivity contribution in [2.45, 2.75) is 78.6 Å². The summed E-state index contributed by atoms with van der Waals surface area (Å²) in [6.07, 6.45) is 11.8. The molecule has 7 atom stereocenters. The van der Waals surface area contributed by atoms with Crippen molar-refractivity contribution in [2.75, 3.05) is 0 Å². The Morgan fingerprint density at radius 1 is 1.00 bits per heavy atom. The maximum atomic E-state index is 12.1. The summed E-state index contributed by atoms with van der Waals surface area (Å²) in [4.78, 5) is 12.1. The van der Waals surface area contributed by atoms with Crippen molar-refractivity contribution in [1.29, 1.82) is 0 Å². The van der Waals surface area contributed by atoms with E-state index in [0.29, 0.717) is 16.6 Å². The number of hydrogen-bond donors (Lipinski definition) is 0. The van der Waals surface area contributed by atoms with Gasteiger partial charge in [0, 0.05) is 12.8 Å². The fourth-order valence-corrected chi connectivity index (χ4v) is 7.25. The molecular weight excluding hydrogens is 256 g/mol. The number of Topliss-reactive ketones (excluding diaryl/α,β-unsaturated/α-hetero) is 1. The van der Waals surface area contributed by atoms with E-state index in [1.54, 1.807) is 0 Å². The molecule has 0 aromatic carbocycles. The van der Waals surface area contributed by atoms with Gasteiger partial charge in [0.25, 0.3) is 0 Å². The lowest BCUT2D eigenvalue weighted by Crippen LogP contribution is -2.52. The smallest absolute Gasteiger partial charge is 0.133 e. The fraction of sp³-hybridized carbons (Fsp3) is 0.950. The molecule has 0 amide bonds. The highest BCUT2D eigenvalue weighted by Crippen LogP contribution is 2.66. The number of hydrogen-bond acceptors (Lipinski definition) is 1. The Balaban J connectivity index is 1.63. The van der Waals surface area contributed by atoms with E-state index in [1.165, 1.54) is 44.9 Å². The molecule has 1 heteroatoms. The van der Waals surface area contributed by atoms with E-state index in [1.807, 2.05) is 0 Å². The van der Waals surface area contributed by atoms with E-state index in [0.717, 1.165) is 42.4 Å². The molecule has 1 nitrogen and oxygen atoms in total. The van der Waals surface area contributed by atoms with E-state index in [-0.39, 0.29) is 0 Å². The number of fused-ring (bicyclic) bond motifs is 5. The van der Waals surface area contributed by atoms with Crippen LogP contribution in [-0.4, -0.2) is 5.78 Å². The summed E-state index contributed by atoms with van der Waals surface area (Å²) in [5.41, 5.74) is 0.964. The number of carbonyl (C=O) groups excluding carboxylic acids is 1. The first kappa shape index (κ1) is 14.3. The van der Waals surface area contributed by atoms with Crippen LogP contribution >= 0.6 is 0 Å². The van der Waals surface area contributed by atoms with Gasteiger partial charge in [-0.3, -0.25) is 4.79 Å². The van der Waals surface area contributed by atoms with E-state index >= 15 is 0 Å². The molecule has 4 fully saturated rings. The molecule has 21 heavy (non-hydrogen) atoms. The first-order valence-corrected chi connectivity index (χ1v) is 9.44. The van der Waals surface area contributed by atoms with Gasteiger partial charge in [0.15, 0.2) is 0 Å². The largest absolute Gasteiger partial charge is 0.300 e. The van der Waals surface area contributed by atoms with Crippen LogP contribution in [0.3, 0.4) is 0 Å². The molecule has 0 aromatic heterocycles. The number of carbonyl (C=O) groups is 1.